The maximum Gasteiger partial charge on any atom is 0.410 e. The van der Waals surface area contributed by atoms with Crippen LogP contribution < -0.4 is 0 Å². The first kappa shape index (κ1) is 12.2. The zero-order valence-electron chi connectivity index (χ0n) is 10.8. The van der Waals surface area contributed by atoms with Crippen molar-refractivity contribution in [2.75, 3.05) is 39.5 Å². The van der Waals surface area contributed by atoms with Gasteiger partial charge in [-0.3, -0.25) is 4.90 Å². The Balaban J connectivity index is 1.51. The fourth-order valence-corrected chi connectivity index (χ4v) is 3.27. The van der Waals surface area contributed by atoms with Gasteiger partial charge in [-0.1, -0.05) is 0 Å². The minimum Gasteiger partial charge on any atom is -0.449 e. The molecule has 1 amide bonds. The lowest BCUT2D eigenvalue weighted by Gasteiger charge is -2.41. The zero-order chi connectivity index (χ0) is 12.4. The van der Waals surface area contributed by atoms with Crippen LogP contribution in [0.15, 0.2) is 0 Å². The van der Waals surface area contributed by atoms with Crippen molar-refractivity contribution in [3.05, 3.63) is 0 Å². The molecular weight excluding hydrogens is 232 g/mol. The second kappa shape index (κ2) is 5.45. The van der Waals surface area contributed by atoms with Crippen LogP contribution in [0.5, 0.6) is 0 Å². The van der Waals surface area contributed by atoms with E-state index in [1.54, 1.807) is 0 Å². The number of ether oxygens (including phenoxy) is 2. The third-order valence-electron chi connectivity index (χ3n) is 4.37. The highest BCUT2D eigenvalue weighted by atomic mass is 16.6. The smallest absolute Gasteiger partial charge is 0.410 e. The summed E-state index contributed by atoms with van der Waals surface area (Å²) in [5.41, 5.74) is 0. The molecule has 5 heteroatoms. The first-order valence-corrected chi connectivity index (χ1v) is 7.10. The van der Waals surface area contributed by atoms with Crippen LogP contribution in [0.1, 0.15) is 25.7 Å². The Hall–Kier alpha value is -0.810. The van der Waals surface area contributed by atoms with Crippen molar-refractivity contribution in [2.45, 2.75) is 37.8 Å². The topological polar surface area (TPSA) is 42.0 Å². The van der Waals surface area contributed by atoms with Gasteiger partial charge in [0.15, 0.2) is 0 Å². The minimum absolute atomic E-state index is 0.108. The molecule has 0 radical (unpaired) electrons. The van der Waals surface area contributed by atoms with Crippen molar-refractivity contribution in [3.63, 3.8) is 0 Å². The second-order valence-electron chi connectivity index (χ2n) is 5.45. The molecule has 0 spiro atoms. The van der Waals surface area contributed by atoms with Crippen molar-refractivity contribution in [1.82, 2.24) is 9.80 Å². The SMILES string of the molecule is O=C1OCCCN1C1CCN(C2CCOC2)CC1. The molecule has 3 aliphatic heterocycles. The Labute approximate surface area is 108 Å². The third kappa shape index (κ3) is 2.47. The Morgan fingerprint density at radius 1 is 1.00 bits per heavy atom. The molecule has 5 nitrogen and oxygen atoms in total. The third-order valence-corrected chi connectivity index (χ3v) is 4.37. The van der Waals surface area contributed by atoms with E-state index in [-0.39, 0.29) is 6.09 Å². The maximum atomic E-state index is 11.7. The number of carbonyl (C=O) groups is 1. The van der Waals surface area contributed by atoms with Crippen molar-refractivity contribution in [1.29, 1.82) is 0 Å². The van der Waals surface area contributed by atoms with Crippen LogP contribution in [0.25, 0.3) is 0 Å². The van der Waals surface area contributed by atoms with E-state index in [1.807, 2.05) is 4.90 Å². The van der Waals surface area contributed by atoms with Crippen LogP contribution in [-0.4, -0.2) is 67.4 Å². The fourth-order valence-electron chi connectivity index (χ4n) is 3.27. The number of piperidine rings is 1. The van der Waals surface area contributed by atoms with Crippen molar-refractivity contribution >= 4 is 6.09 Å². The normalized spacial score (nSPS) is 31.7. The number of rotatable bonds is 2. The van der Waals surface area contributed by atoms with Gasteiger partial charge in [-0.05, 0) is 25.7 Å². The van der Waals surface area contributed by atoms with Gasteiger partial charge in [0.25, 0.3) is 0 Å². The summed E-state index contributed by atoms with van der Waals surface area (Å²) in [4.78, 5) is 16.2. The van der Waals surface area contributed by atoms with Gasteiger partial charge in [0.1, 0.15) is 0 Å². The van der Waals surface area contributed by atoms with Gasteiger partial charge in [-0.15, -0.1) is 0 Å². The minimum atomic E-state index is -0.108. The van der Waals surface area contributed by atoms with E-state index >= 15 is 0 Å². The Morgan fingerprint density at radius 3 is 2.50 bits per heavy atom. The number of carbonyl (C=O) groups excluding carboxylic acids is 1. The molecule has 3 saturated heterocycles. The molecule has 0 saturated carbocycles. The van der Waals surface area contributed by atoms with Gasteiger partial charge in [0.05, 0.1) is 13.2 Å². The van der Waals surface area contributed by atoms with Crippen LogP contribution >= 0.6 is 0 Å². The van der Waals surface area contributed by atoms with Gasteiger partial charge in [0, 0.05) is 38.3 Å². The Kier molecular flexibility index (Phi) is 3.70. The van der Waals surface area contributed by atoms with Gasteiger partial charge in [0.2, 0.25) is 0 Å². The summed E-state index contributed by atoms with van der Waals surface area (Å²) in [6.45, 7) is 5.42. The highest BCUT2D eigenvalue weighted by Gasteiger charge is 2.33. The number of hydrogen-bond acceptors (Lipinski definition) is 4. The summed E-state index contributed by atoms with van der Waals surface area (Å²) in [5.74, 6) is 0. The standard InChI is InChI=1S/C13H22N2O3/c16-13-15(5-1-8-18-13)11-2-6-14(7-3-11)12-4-9-17-10-12/h11-12H,1-10H2. The average molecular weight is 254 g/mol. The average Bonchev–Trinajstić information content (AvgIpc) is 2.94. The summed E-state index contributed by atoms with van der Waals surface area (Å²) in [6.07, 6.45) is 4.18. The van der Waals surface area contributed by atoms with Gasteiger partial charge in [-0.2, -0.15) is 0 Å². The zero-order valence-corrected chi connectivity index (χ0v) is 10.8. The van der Waals surface area contributed by atoms with Crippen LogP contribution in [0.4, 0.5) is 4.79 Å². The predicted molar refractivity (Wildman–Crippen MR) is 66.5 cm³/mol. The quantitative estimate of drug-likeness (QED) is 0.739. The predicted octanol–water partition coefficient (Wildman–Crippen LogP) is 1.08. The molecule has 3 fully saturated rings. The van der Waals surface area contributed by atoms with Crippen LogP contribution in [0, 0.1) is 0 Å². The first-order valence-electron chi connectivity index (χ1n) is 7.10. The highest BCUT2D eigenvalue weighted by Crippen LogP contribution is 2.23. The van der Waals surface area contributed by atoms with Crippen molar-refractivity contribution < 1.29 is 14.3 Å². The van der Waals surface area contributed by atoms with Crippen LogP contribution in [0.2, 0.25) is 0 Å². The molecule has 18 heavy (non-hydrogen) atoms. The lowest BCUT2D eigenvalue weighted by molar-refractivity contribution is 0.0306. The van der Waals surface area contributed by atoms with Crippen molar-refractivity contribution in [2.24, 2.45) is 0 Å². The molecule has 0 aromatic heterocycles. The molecule has 0 aliphatic carbocycles. The van der Waals surface area contributed by atoms with E-state index in [0.29, 0.717) is 18.7 Å². The molecule has 3 heterocycles. The second-order valence-corrected chi connectivity index (χ2v) is 5.45. The monoisotopic (exact) mass is 254 g/mol. The van der Waals surface area contributed by atoms with Gasteiger partial charge in [-0.25, -0.2) is 4.79 Å². The fraction of sp³-hybridized carbons (Fsp3) is 0.923. The largest absolute Gasteiger partial charge is 0.449 e. The molecule has 1 atom stereocenters. The Bertz CT molecular complexity index is 297. The van der Waals surface area contributed by atoms with E-state index < -0.39 is 0 Å². The van der Waals surface area contributed by atoms with Crippen LogP contribution in [0.3, 0.4) is 0 Å². The first-order chi connectivity index (χ1) is 8.84. The number of amides is 1. The molecule has 0 N–H and O–H groups in total. The molecule has 0 aromatic rings. The number of nitrogens with zero attached hydrogens (tertiary/aromatic N) is 2. The van der Waals surface area contributed by atoms with E-state index in [0.717, 1.165) is 58.5 Å². The van der Waals surface area contributed by atoms with Gasteiger partial charge < -0.3 is 14.4 Å². The Morgan fingerprint density at radius 2 is 1.83 bits per heavy atom. The summed E-state index contributed by atoms with van der Waals surface area (Å²) < 4.78 is 10.6. The van der Waals surface area contributed by atoms with Crippen LogP contribution in [-0.2, 0) is 9.47 Å². The van der Waals surface area contributed by atoms with Gasteiger partial charge >= 0.3 is 6.09 Å². The van der Waals surface area contributed by atoms with E-state index in [9.17, 15) is 4.79 Å². The summed E-state index contributed by atoms with van der Waals surface area (Å²) in [7, 11) is 0. The van der Waals surface area contributed by atoms with Crippen molar-refractivity contribution in [3.8, 4) is 0 Å². The molecule has 3 rings (SSSR count). The summed E-state index contributed by atoms with van der Waals surface area (Å²) in [6, 6.07) is 0.996. The highest BCUT2D eigenvalue weighted by molar-refractivity contribution is 5.68. The van der Waals surface area contributed by atoms with E-state index in [2.05, 4.69) is 4.90 Å². The van der Waals surface area contributed by atoms with E-state index in [4.69, 9.17) is 9.47 Å². The lowest BCUT2D eigenvalue weighted by Crippen LogP contribution is -2.51. The summed E-state index contributed by atoms with van der Waals surface area (Å²) >= 11 is 0. The molecule has 102 valence electrons. The molecule has 1 unspecified atom stereocenters. The number of cyclic esters (lactones) is 1. The number of hydrogen-bond donors (Lipinski definition) is 0. The summed E-state index contributed by atoms with van der Waals surface area (Å²) in [5, 5.41) is 0. The molecule has 0 bridgehead atoms. The molecule has 0 aromatic carbocycles. The molecule has 3 aliphatic rings. The number of likely N-dealkylation sites (tertiary alicyclic amines) is 1. The molecular formula is C13H22N2O3. The lowest BCUT2D eigenvalue weighted by atomic mass is 10.0. The maximum absolute atomic E-state index is 11.7. The van der Waals surface area contributed by atoms with E-state index in [1.165, 1.54) is 0 Å².